The van der Waals surface area contributed by atoms with Crippen molar-refractivity contribution < 1.29 is 19.1 Å². The third-order valence-corrected chi connectivity index (χ3v) is 5.86. The number of hydrogen-bond donors (Lipinski definition) is 1. The fourth-order valence-electron chi connectivity index (χ4n) is 4.06. The SMILES string of the molecule is COC(=O)c1ccccc1-n1nnnc1C1(NC(=O)Oc2ccccc2)CCC(C)CC1. The molecule has 1 heterocycles. The van der Waals surface area contributed by atoms with Gasteiger partial charge in [-0.2, -0.15) is 4.68 Å². The Kier molecular flexibility index (Phi) is 6.16. The molecule has 0 spiro atoms. The molecule has 1 aliphatic rings. The summed E-state index contributed by atoms with van der Waals surface area (Å²) in [5.41, 5.74) is -0.0317. The van der Waals surface area contributed by atoms with Gasteiger partial charge in [-0.1, -0.05) is 37.3 Å². The lowest BCUT2D eigenvalue weighted by Gasteiger charge is -2.38. The number of carbonyl (C=O) groups excluding carboxylic acids is 2. The van der Waals surface area contributed by atoms with Crippen molar-refractivity contribution in [1.29, 1.82) is 0 Å². The lowest BCUT2D eigenvalue weighted by molar-refractivity contribution is 0.0600. The molecule has 0 radical (unpaired) electrons. The van der Waals surface area contributed by atoms with E-state index >= 15 is 0 Å². The Hall–Kier alpha value is -3.75. The van der Waals surface area contributed by atoms with Gasteiger partial charge in [-0.15, -0.1) is 5.10 Å². The average Bonchev–Trinajstić information content (AvgIpc) is 3.31. The standard InChI is InChI=1S/C23H25N5O4/c1-16-12-14-23(15-13-16,24-22(30)32-17-8-4-3-5-9-17)21-25-26-27-28(21)19-11-7-6-10-18(19)20(29)31-2/h3-11,16H,12-15H2,1-2H3,(H,24,30). The van der Waals surface area contributed by atoms with Crippen LogP contribution in [0.15, 0.2) is 54.6 Å². The van der Waals surface area contributed by atoms with E-state index in [9.17, 15) is 9.59 Å². The van der Waals surface area contributed by atoms with Crippen LogP contribution in [-0.4, -0.2) is 39.4 Å². The van der Waals surface area contributed by atoms with Crippen molar-refractivity contribution in [2.75, 3.05) is 7.11 Å². The monoisotopic (exact) mass is 435 g/mol. The highest BCUT2D eigenvalue weighted by molar-refractivity contribution is 5.93. The van der Waals surface area contributed by atoms with E-state index in [2.05, 4.69) is 27.8 Å². The average molecular weight is 435 g/mol. The summed E-state index contributed by atoms with van der Waals surface area (Å²) >= 11 is 0. The van der Waals surface area contributed by atoms with Crippen molar-refractivity contribution in [1.82, 2.24) is 25.5 Å². The maximum atomic E-state index is 12.8. The summed E-state index contributed by atoms with van der Waals surface area (Å²) in [6.45, 7) is 2.18. The third-order valence-electron chi connectivity index (χ3n) is 5.86. The van der Waals surface area contributed by atoms with E-state index in [1.165, 1.54) is 11.8 Å². The summed E-state index contributed by atoms with van der Waals surface area (Å²) in [6.07, 6.45) is 2.47. The van der Waals surface area contributed by atoms with E-state index < -0.39 is 17.6 Å². The minimum atomic E-state index is -0.842. The van der Waals surface area contributed by atoms with E-state index in [1.54, 1.807) is 48.5 Å². The number of aromatic nitrogens is 4. The smallest absolute Gasteiger partial charge is 0.413 e. The predicted molar refractivity (Wildman–Crippen MR) is 115 cm³/mol. The van der Waals surface area contributed by atoms with E-state index in [0.717, 1.165) is 12.8 Å². The number of nitrogens with zero attached hydrogens (tertiary/aromatic N) is 4. The van der Waals surface area contributed by atoms with Gasteiger partial charge < -0.3 is 14.8 Å². The lowest BCUT2D eigenvalue weighted by Crippen LogP contribution is -2.50. The van der Waals surface area contributed by atoms with Gasteiger partial charge >= 0.3 is 12.1 Å². The maximum Gasteiger partial charge on any atom is 0.413 e. The molecule has 0 bridgehead atoms. The lowest BCUT2D eigenvalue weighted by atomic mass is 9.76. The Balaban J connectivity index is 1.71. The van der Waals surface area contributed by atoms with Crippen LogP contribution in [0.3, 0.4) is 0 Å². The molecule has 1 aliphatic carbocycles. The highest BCUT2D eigenvalue weighted by atomic mass is 16.6. The van der Waals surface area contributed by atoms with Crippen LogP contribution >= 0.6 is 0 Å². The third kappa shape index (κ3) is 4.32. The van der Waals surface area contributed by atoms with Crippen LogP contribution in [0.4, 0.5) is 4.79 Å². The summed E-state index contributed by atoms with van der Waals surface area (Å²) in [7, 11) is 1.32. The van der Waals surface area contributed by atoms with Gasteiger partial charge in [0.2, 0.25) is 0 Å². The molecular formula is C23H25N5O4. The largest absolute Gasteiger partial charge is 0.465 e. The van der Waals surface area contributed by atoms with Gasteiger partial charge in [0.25, 0.3) is 0 Å². The maximum absolute atomic E-state index is 12.8. The van der Waals surface area contributed by atoms with Crippen molar-refractivity contribution >= 4 is 12.1 Å². The molecule has 4 rings (SSSR count). The molecule has 1 fully saturated rings. The van der Waals surface area contributed by atoms with Crippen molar-refractivity contribution in [2.24, 2.45) is 5.92 Å². The molecule has 1 saturated carbocycles. The summed E-state index contributed by atoms with van der Waals surface area (Å²) in [5.74, 6) is 0.914. The van der Waals surface area contributed by atoms with Crippen LogP contribution < -0.4 is 10.1 Å². The number of tetrazole rings is 1. The molecule has 0 saturated heterocycles. The predicted octanol–water partition coefficient (Wildman–Crippen LogP) is 3.64. The molecule has 9 nitrogen and oxygen atoms in total. The molecule has 3 aromatic rings. The fraction of sp³-hybridized carbons (Fsp3) is 0.348. The van der Waals surface area contributed by atoms with E-state index in [-0.39, 0.29) is 0 Å². The van der Waals surface area contributed by atoms with Gasteiger partial charge in [0.1, 0.15) is 11.3 Å². The molecule has 32 heavy (non-hydrogen) atoms. The number of benzene rings is 2. The topological polar surface area (TPSA) is 108 Å². The van der Waals surface area contributed by atoms with Crippen molar-refractivity contribution in [3.8, 4) is 11.4 Å². The number of nitrogens with one attached hydrogen (secondary N) is 1. The molecule has 166 valence electrons. The number of para-hydroxylation sites is 2. The van der Waals surface area contributed by atoms with Gasteiger partial charge in [-0.3, -0.25) is 0 Å². The first-order valence-corrected chi connectivity index (χ1v) is 10.5. The second kappa shape index (κ2) is 9.17. The quantitative estimate of drug-likeness (QED) is 0.610. The van der Waals surface area contributed by atoms with Gasteiger partial charge in [0, 0.05) is 0 Å². The number of methoxy groups -OCH3 is 1. The Bertz CT molecular complexity index is 1090. The summed E-state index contributed by atoms with van der Waals surface area (Å²) in [5, 5.41) is 15.3. The molecule has 1 N–H and O–H groups in total. The zero-order valence-electron chi connectivity index (χ0n) is 18.0. The zero-order valence-corrected chi connectivity index (χ0v) is 18.0. The highest BCUT2D eigenvalue weighted by Crippen LogP contribution is 2.39. The number of hydrogen-bond acceptors (Lipinski definition) is 7. The minimum Gasteiger partial charge on any atom is -0.465 e. The Morgan fingerprint density at radius 2 is 1.75 bits per heavy atom. The van der Waals surface area contributed by atoms with Gasteiger partial charge in [0.05, 0.1) is 18.4 Å². The van der Waals surface area contributed by atoms with Crippen LogP contribution in [0.1, 0.15) is 48.8 Å². The van der Waals surface area contributed by atoms with Crippen LogP contribution in [0, 0.1) is 5.92 Å². The Labute approximate surface area is 185 Å². The van der Waals surface area contributed by atoms with Crippen LogP contribution in [0.2, 0.25) is 0 Å². The van der Waals surface area contributed by atoms with Gasteiger partial charge in [-0.25, -0.2) is 9.59 Å². The molecule has 1 amide bonds. The van der Waals surface area contributed by atoms with E-state index in [0.29, 0.717) is 41.6 Å². The first-order chi connectivity index (χ1) is 15.5. The number of esters is 1. The second-order valence-electron chi connectivity index (χ2n) is 8.02. The van der Waals surface area contributed by atoms with Crippen LogP contribution in [0.25, 0.3) is 5.69 Å². The summed E-state index contributed by atoms with van der Waals surface area (Å²) < 4.78 is 11.9. The second-order valence-corrected chi connectivity index (χ2v) is 8.02. The first-order valence-electron chi connectivity index (χ1n) is 10.5. The zero-order chi connectivity index (χ0) is 22.6. The van der Waals surface area contributed by atoms with Crippen molar-refractivity contribution in [3.63, 3.8) is 0 Å². The fourth-order valence-corrected chi connectivity index (χ4v) is 4.06. The molecule has 0 unspecified atom stereocenters. The number of carbonyl (C=O) groups is 2. The molecule has 0 atom stereocenters. The summed E-state index contributed by atoms with van der Waals surface area (Å²) in [6, 6.07) is 15.8. The molecule has 9 heteroatoms. The van der Waals surface area contributed by atoms with Crippen LogP contribution in [-0.2, 0) is 10.3 Å². The normalized spacial score (nSPS) is 20.4. The van der Waals surface area contributed by atoms with E-state index in [1.807, 2.05) is 6.07 Å². The molecule has 1 aromatic heterocycles. The van der Waals surface area contributed by atoms with Crippen molar-refractivity contribution in [3.05, 3.63) is 66.0 Å². The van der Waals surface area contributed by atoms with Crippen molar-refractivity contribution in [2.45, 2.75) is 38.1 Å². The molecular weight excluding hydrogens is 410 g/mol. The Morgan fingerprint density at radius 3 is 2.47 bits per heavy atom. The highest BCUT2D eigenvalue weighted by Gasteiger charge is 2.43. The van der Waals surface area contributed by atoms with Gasteiger partial charge in [0.15, 0.2) is 5.82 Å². The van der Waals surface area contributed by atoms with Gasteiger partial charge in [-0.05, 0) is 66.3 Å². The number of rotatable bonds is 5. The molecule has 2 aromatic carbocycles. The number of amides is 1. The Morgan fingerprint density at radius 1 is 1.06 bits per heavy atom. The summed E-state index contributed by atoms with van der Waals surface area (Å²) in [4.78, 5) is 25.2. The van der Waals surface area contributed by atoms with Crippen LogP contribution in [0.5, 0.6) is 5.75 Å². The number of ether oxygens (including phenoxy) is 2. The molecule has 0 aliphatic heterocycles. The minimum absolute atomic E-state index is 0.328. The first kappa shape index (κ1) is 21.5. The van der Waals surface area contributed by atoms with E-state index in [4.69, 9.17) is 9.47 Å².